The van der Waals surface area contributed by atoms with Crippen LogP contribution in [0.1, 0.15) is 11.1 Å². The van der Waals surface area contributed by atoms with Gasteiger partial charge in [-0.05, 0) is 25.1 Å². The molecule has 0 saturated heterocycles. The molecule has 0 aliphatic heterocycles. The molecule has 6 heteroatoms. The zero-order valence-corrected chi connectivity index (χ0v) is 13.2. The Labute approximate surface area is 128 Å². The summed E-state index contributed by atoms with van der Waals surface area (Å²) < 4.78 is 33.9. The van der Waals surface area contributed by atoms with Crippen LogP contribution >= 0.6 is 10.7 Å². The molecule has 0 aliphatic rings. The van der Waals surface area contributed by atoms with E-state index in [0.717, 1.165) is 11.3 Å². The number of benzene rings is 2. The Morgan fingerprint density at radius 3 is 2.38 bits per heavy atom. The first kappa shape index (κ1) is 15.7. The summed E-state index contributed by atoms with van der Waals surface area (Å²) in [7, 11) is 3.20. The van der Waals surface area contributed by atoms with Crippen LogP contribution in [0, 0.1) is 6.92 Å². The van der Waals surface area contributed by atoms with E-state index in [1.165, 1.54) is 6.07 Å². The Balaban J connectivity index is 2.25. The number of hydrogen-bond acceptors (Lipinski definition) is 4. The maximum absolute atomic E-state index is 11.5. The Hall–Kier alpha value is -1.72. The fourth-order valence-electron chi connectivity index (χ4n) is 1.99. The van der Waals surface area contributed by atoms with Crippen LogP contribution in [0.2, 0.25) is 0 Å². The SMILES string of the molecule is COc1ccccc1COc1cccc(S(=O)(=O)Cl)c1C. The number of halogens is 1. The highest BCUT2D eigenvalue weighted by Crippen LogP contribution is 2.28. The molecule has 0 saturated carbocycles. The van der Waals surface area contributed by atoms with E-state index in [1.54, 1.807) is 26.2 Å². The molecule has 0 atom stereocenters. The number of para-hydroxylation sites is 1. The lowest BCUT2D eigenvalue weighted by Gasteiger charge is -2.13. The third kappa shape index (κ3) is 3.68. The van der Waals surface area contributed by atoms with Crippen molar-refractivity contribution in [2.45, 2.75) is 18.4 Å². The van der Waals surface area contributed by atoms with E-state index in [0.29, 0.717) is 11.3 Å². The molecule has 112 valence electrons. The fraction of sp³-hybridized carbons (Fsp3) is 0.200. The summed E-state index contributed by atoms with van der Waals surface area (Å²) >= 11 is 0. The predicted octanol–water partition coefficient (Wildman–Crippen LogP) is 3.51. The van der Waals surface area contributed by atoms with Gasteiger partial charge >= 0.3 is 0 Å². The molecule has 0 bridgehead atoms. The highest BCUT2D eigenvalue weighted by atomic mass is 35.7. The van der Waals surface area contributed by atoms with Crippen molar-refractivity contribution >= 4 is 19.7 Å². The molecule has 4 nitrogen and oxygen atoms in total. The molecule has 0 fully saturated rings. The molecule has 2 rings (SSSR count). The minimum Gasteiger partial charge on any atom is -0.496 e. The normalized spacial score (nSPS) is 11.2. The van der Waals surface area contributed by atoms with E-state index >= 15 is 0 Å². The van der Waals surface area contributed by atoms with Gasteiger partial charge in [0.25, 0.3) is 9.05 Å². The Bertz CT molecular complexity index is 741. The van der Waals surface area contributed by atoms with Crippen LogP contribution in [-0.2, 0) is 15.7 Å². The summed E-state index contributed by atoms with van der Waals surface area (Å²) in [5.74, 6) is 1.19. The van der Waals surface area contributed by atoms with Crippen molar-refractivity contribution in [2.75, 3.05) is 7.11 Å². The Morgan fingerprint density at radius 1 is 1.05 bits per heavy atom. The maximum Gasteiger partial charge on any atom is 0.261 e. The van der Waals surface area contributed by atoms with Gasteiger partial charge in [0.15, 0.2) is 0 Å². The third-order valence-corrected chi connectivity index (χ3v) is 4.54. The van der Waals surface area contributed by atoms with E-state index in [9.17, 15) is 8.42 Å². The maximum atomic E-state index is 11.5. The van der Waals surface area contributed by atoms with Crippen LogP contribution in [0.25, 0.3) is 0 Å². The zero-order valence-electron chi connectivity index (χ0n) is 11.7. The number of rotatable bonds is 5. The zero-order chi connectivity index (χ0) is 15.5. The Morgan fingerprint density at radius 2 is 1.71 bits per heavy atom. The smallest absolute Gasteiger partial charge is 0.261 e. The van der Waals surface area contributed by atoms with E-state index < -0.39 is 9.05 Å². The summed E-state index contributed by atoms with van der Waals surface area (Å²) in [5, 5.41) is 0. The van der Waals surface area contributed by atoms with Gasteiger partial charge in [-0.1, -0.05) is 24.3 Å². The van der Waals surface area contributed by atoms with Gasteiger partial charge in [0.05, 0.1) is 12.0 Å². The Kier molecular flexibility index (Phi) is 4.75. The number of methoxy groups -OCH3 is 1. The summed E-state index contributed by atoms with van der Waals surface area (Å²) in [6, 6.07) is 12.2. The fourth-order valence-corrected chi connectivity index (χ4v) is 3.20. The van der Waals surface area contributed by atoms with Gasteiger partial charge in [0.1, 0.15) is 18.1 Å². The van der Waals surface area contributed by atoms with Gasteiger partial charge < -0.3 is 9.47 Å². The molecule has 0 heterocycles. The van der Waals surface area contributed by atoms with E-state index in [1.807, 2.05) is 24.3 Å². The van der Waals surface area contributed by atoms with Gasteiger partial charge in [-0.2, -0.15) is 0 Å². The lowest BCUT2D eigenvalue weighted by molar-refractivity contribution is 0.294. The molecule has 0 amide bonds. The molecule has 0 unspecified atom stereocenters. The van der Waals surface area contributed by atoms with Crippen molar-refractivity contribution in [3.8, 4) is 11.5 Å². The highest BCUT2D eigenvalue weighted by Gasteiger charge is 2.16. The molecule has 2 aromatic carbocycles. The van der Waals surface area contributed by atoms with Crippen molar-refractivity contribution in [1.82, 2.24) is 0 Å². The second kappa shape index (κ2) is 6.37. The highest BCUT2D eigenvalue weighted by molar-refractivity contribution is 8.13. The molecular formula is C15H15ClO4S. The van der Waals surface area contributed by atoms with E-state index in [4.69, 9.17) is 20.2 Å². The van der Waals surface area contributed by atoms with Gasteiger partial charge in [0.2, 0.25) is 0 Å². The number of ether oxygens (including phenoxy) is 2. The molecule has 0 aliphatic carbocycles. The van der Waals surface area contributed by atoms with Crippen molar-refractivity contribution in [2.24, 2.45) is 0 Å². The minimum atomic E-state index is -3.78. The van der Waals surface area contributed by atoms with Crippen LogP contribution in [0.5, 0.6) is 11.5 Å². The van der Waals surface area contributed by atoms with Gasteiger partial charge in [-0.3, -0.25) is 0 Å². The molecule has 0 N–H and O–H groups in total. The summed E-state index contributed by atoms with van der Waals surface area (Å²) in [5.41, 5.74) is 1.36. The molecule has 2 aromatic rings. The molecule has 0 radical (unpaired) electrons. The second-order valence-corrected chi connectivity index (χ2v) is 6.95. The quantitative estimate of drug-likeness (QED) is 0.789. The van der Waals surface area contributed by atoms with Crippen molar-refractivity contribution in [3.05, 3.63) is 53.6 Å². The molecule has 0 spiro atoms. The first-order valence-corrected chi connectivity index (χ1v) is 8.53. The van der Waals surface area contributed by atoms with Crippen molar-refractivity contribution < 1.29 is 17.9 Å². The van der Waals surface area contributed by atoms with Gasteiger partial charge in [-0.15, -0.1) is 0 Å². The van der Waals surface area contributed by atoms with Gasteiger partial charge in [0, 0.05) is 21.8 Å². The summed E-state index contributed by atoms with van der Waals surface area (Å²) in [4.78, 5) is 0.0571. The van der Waals surface area contributed by atoms with Crippen LogP contribution in [0.4, 0.5) is 0 Å². The largest absolute Gasteiger partial charge is 0.496 e. The lowest BCUT2D eigenvalue weighted by Crippen LogP contribution is -2.02. The molecular weight excluding hydrogens is 312 g/mol. The second-order valence-electron chi connectivity index (χ2n) is 4.42. The monoisotopic (exact) mass is 326 g/mol. The van der Waals surface area contributed by atoms with Crippen LogP contribution in [-0.4, -0.2) is 15.5 Å². The molecule has 21 heavy (non-hydrogen) atoms. The average Bonchev–Trinajstić information content (AvgIpc) is 2.45. The van der Waals surface area contributed by atoms with Gasteiger partial charge in [-0.25, -0.2) is 8.42 Å². The minimum absolute atomic E-state index is 0.0571. The van der Waals surface area contributed by atoms with E-state index in [-0.39, 0.29) is 11.5 Å². The summed E-state index contributed by atoms with van der Waals surface area (Å²) in [6.07, 6.45) is 0. The first-order chi connectivity index (χ1) is 9.93. The van der Waals surface area contributed by atoms with Crippen LogP contribution < -0.4 is 9.47 Å². The van der Waals surface area contributed by atoms with Crippen LogP contribution in [0.3, 0.4) is 0 Å². The predicted molar refractivity (Wildman–Crippen MR) is 81.5 cm³/mol. The van der Waals surface area contributed by atoms with Crippen molar-refractivity contribution in [3.63, 3.8) is 0 Å². The van der Waals surface area contributed by atoms with Crippen molar-refractivity contribution in [1.29, 1.82) is 0 Å². The first-order valence-electron chi connectivity index (χ1n) is 6.22. The summed E-state index contributed by atoms with van der Waals surface area (Å²) in [6.45, 7) is 1.93. The third-order valence-electron chi connectivity index (χ3n) is 3.07. The van der Waals surface area contributed by atoms with Crippen LogP contribution in [0.15, 0.2) is 47.4 Å². The number of hydrogen-bond donors (Lipinski definition) is 0. The molecule has 0 aromatic heterocycles. The lowest BCUT2D eigenvalue weighted by atomic mass is 10.2. The van der Waals surface area contributed by atoms with E-state index in [2.05, 4.69) is 0 Å². The standard InChI is InChI=1S/C15H15ClO4S/c1-11-13(8-5-9-15(11)21(16,17)18)20-10-12-6-3-4-7-14(12)19-2/h3-9H,10H2,1-2H3. The average molecular weight is 327 g/mol. The topological polar surface area (TPSA) is 52.6 Å².